The number of hydrogen-bond donors (Lipinski definition) is 2. The van der Waals surface area contributed by atoms with Crippen LogP contribution in [0.1, 0.15) is 17.3 Å². The summed E-state index contributed by atoms with van der Waals surface area (Å²) in [5, 5.41) is 10.0. The molecule has 2 aromatic heterocycles. The number of aromatic nitrogens is 3. The van der Waals surface area contributed by atoms with Crippen LogP contribution >= 0.6 is 11.6 Å². The molecule has 1 amide bonds. The third-order valence-corrected chi connectivity index (χ3v) is 2.84. The van der Waals surface area contributed by atoms with Crippen molar-refractivity contribution >= 4 is 29.0 Å². The average molecular weight is 280 g/mol. The van der Waals surface area contributed by atoms with E-state index in [1.165, 1.54) is 6.20 Å². The Kier molecular flexibility index (Phi) is 4.01. The van der Waals surface area contributed by atoms with Crippen LogP contribution in [-0.2, 0) is 6.54 Å². The van der Waals surface area contributed by atoms with Crippen molar-refractivity contribution in [1.82, 2.24) is 14.8 Å². The van der Waals surface area contributed by atoms with Gasteiger partial charge >= 0.3 is 0 Å². The normalized spacial score (nSPS) is 10.3. The highest BCUT2D eigenvalue weighted by Gasteiger charge is 2.10. The summed E-state index contributed by atoms with van der Waals surface area (Å²) in [6.45, 7) is 2.72. The standard InChI is InChI=1S/C12H14ClN5O/c1-3-18-7-9(6-16-18)17-12(19)8-4-10(13)11(14-2)15-5-8/h4-7H,3H2,1-2H3,(H,14,15)(H,17,19). The summed E-state index contributed by atoms with van der Waals surface area (Å²) < 4.78 is 1.73. The zero-order valence-corrected chi connectivity index (χ0v) is 11.4. The predicted octanol–water partition coefficient (Wildman–Crippen LogP) is 2.25. The molecule has 0 saturated heterocycles. The average Bonchev–Trinajstić information content (AvgIpc) is 2.86. The second-order valence-electron chi connectivity index (χ2n) is 3.84. The van der Waals surface area contributed by atoms with E-state index in [1.807, 2.05) is 6.92 Å². The number of aryl methyl sites for hydroxylation is 1. The van der Waals surface area contributed by atoms with Crippen molar-refractivity contribution in [2.24, 2.45) is 0 Å². The molecule has 2 N–H and O–H groups in total. The fourth-order valence-electron chi connectivity index (χ4n) is 1.55. The minimum absolute atomic E-state index is 0.271. The maximum Gasteiger partial charge on any atom is 0.257 e. The van der Waals surface area contributed by atoms with Gasteiger partial charge in [-0.05, 0) is 13.0 Å². The molecule has 7 heteroatoms. The molecule has 0 spiro atoms. The van der Waals surface area contributed by atoms with Crippen LogP contribution in [0.15, 0.2) is 24.7 Å². The molecule has 19 heavy (non-hydrogen) atoms. The van der Waals surface area contributed by atoms with E-state index in [9.17, 15) is 4.79 Å². The van der Waals surface area contributed by atoms with E-state index in [0.717, 1.165) is 6.54 Å². The molecule has 6 nitrogen and oxygen atoms in total. The van der Waals surface area contributed by atoms with Crippen molar-refractivity contribution in [3.05, 3.63) is 35.2 Å². The van der Waals surface area contributed by atoms with Crippen LogP contribution in [0.3, 0.4) is 0 Å². The number of amides is 1. The van der Waals surface area contributed by atoms with Gasteiger partial charge in [-0.3, -0.25) is 9.48 Å². The van der Waals surface area contributed by atoms with Gasteiger partial charge < -0.3 is 10.6 Å². The molecule has 0 aliphatic rings. The van der Waals surface area contributed by atoms with Crippen LogP contribution in [0.5, 0.6) is 0 Å². The molecular formula is C12H14ClN5O. The highest BCUT2D eigenvalue weighted by Crippen LogP contribution is 2.20. The maximum atomic E-state index is 12.0. The number of carbonyl (C=O) groups excluding carboxylic acids is 1. The number of nitrogens with one attached hydrogen (secondary N) is 2. The van der Waals surface area contributed by atoms with Crippen LogP contribution in [0.4, 0.5) is 11.5 Å². The van der Waals surface area contributed by atoms with Gasteiger partial charge in [0.05, 0.1) is 22.5 Å². The first kappa shape index (κ1) is 13.4. The number of rotatable bonds is 4. The minimum Gasteiger partial charge on any atom is -0.372 e. The van der Waals surface area contributed by atoms with Crippen LogP contribution in [-0.4, -0.2) is 27.7 Å². The molecule has 0 atom stereocenters. The van der Waals surface area contributed by atoms with Crippen molar-refractivity contribution in [1.29, 1.82) is 0 Å². The molecule has 0 bridgehead atoms. The Balaban J connectivity index is 2.13. The van der Waals surface area contributed by atoms with Gasteiger partial charge in [-0.2, -0.15) is 5.10 Å². The van der Waals surface area contributed by atoms with Crippen molar-refractivity contribution < 1.29 is 4.79 Å². The van der Waals surface area contributed by atoms with E-state index in [0.29, 0.717) is 22.1 Å². The summed E-state index contributed by atoms with van der Waals surface area (Å²) in [5.41, 5.74) is 1.04. The SMILES string of the molecule is CCn1cc(NC(=O)c2cnc(NC)c(Cl)c2)cn1. The summed E-state index contributed by atoms with van der Waals surface area (Å²) in [7, 11) is 1.72. The largest absolute Gasteiger partial charge is 0.372 e. The Hall–Kier alpha value is -2.08. The number of anilines is 2. The molecule has 2 aromatic rings. The quantitative estimate of drug-likeness (QED) is 0.900. The van der Waals surface area contributed by atoms with Crippen molar-refractivity contribution in [3.8, 4) is 0 Å². The van der Waals surface area contributed by atoms with E-state index in [1.54, 1.807) is 30.2 Å². The van der Waals surface area contributed by atoms with Gasteiger partial charge in [0.2, 0.25) is 0 Å². The Labute approximate surface area is 115 Å². The number of nitrogens with zero attached hydrogens (tertiary/aromatic N) is 3. The van der Waals surface area contributed by atoms with Gasteiger partial charge in [-0.15, -0.1) is 0 Å². The van der Waals surface area contributed by atoms with E-state index in [2.05, 4.69) is 20.7 Å². The van der Waals surface area contributed by atoms with Gasteiger partial charge in [-0.1, -0.05) is 11.6 Å². The fraction of sp³-hybridized carbons (Fsp3) is 0.250. The van der Waals surface area contributed by atoms with Gasteiger partial charge in [0.1, 0.15) is 5.82 Å². The first-order valence-electron chi connectivity index (χ1n) is 5.81. The van der Waals surface area contributed by atoms with Crippen LogP contribution in [0.2, 0.25) is 5.02 Å². The molecule has 0 aliphatic carbocycles. The van der Waals surface area contributed by atoms with E-state index >= 15 is 0 Å². The van der Waals surface area contributed by atoms with Crippen LogP contribution in [0.25, 0.3) is 0 Å². The Morgan fingerprint density at radius 2 is 2.26 bits per heavy atom. The molecule has 0 aliphatic heterocycles. The first-order chi connectivity index (χ1) is 9.13. The predicted molar refractivity (Wildman–Crippen MR) is 74.6 cm³/mol. The molecule has 0 aromatic carbocycles. The lowest BCUT2D eigenvalue weighted by molar-refractivity contribution is 0.102. The second-order valence-corrected chi connectivity index (χ2v) is 4.25. The van der Waals surface area contributed by atoms with Gasteiger partial charge in [-0.25, -0.2) is 4.98 Å². The van der Waals surface area contributed by atoms with Crippen molar-refractivity contribution in [3.63, 3.8) is 0 Å². The van der Waals surface area contributed by atoms with Crippen LogP contribution in [0, 0.1) is 0 Å². The minimum atomic E-state index is -0.271. The third-order valence-electron chi connectivity index (χ3n) is 2.56. The summed E-state index contributed by atoms with van der Waals surface area (Å²) in [6.07, 6.45) is 4.82. The Morgan fingerprint density at radius 3 is 2.84 bits per heavy atom. The van der Waals surface area contributed by atoms with Crippen molar-refractivity contribution in [2.45, 2.75) is 13.5 Å². The zero-order chi connectivity index (χ0) is 13.8. The molecule has 2 heterocycles. The Morgan fingerprint density at radius 1 is 1.47 bits per heavy atom. The fourth-order valence-corrected chi connectivity index (χ4v) is 1.81. The summed E-state index contributed by atoms with van der Waals surface area (Å²) in [6, 6.07) is 1.57. The lowest BCUT2D eigenvalue weighted by Crippen LogP contribution is -2.12. The van der Waals surface area contributed by atoms with Gasteiger partial charge in [0.15, 0.2) is 0 Å². The molecule has 0 fully saturated rings. The zero-order valence-electron chi connectivity index (χ0n) is 10.6. The van der Waals surface area contributed by atoms with Gasteiger partial charge in [0.25, 0.3) is 5.91 Å². The Bertz CT molecular complexity index is 596. The summed E-state index contributed by atoms with van der Waals surface area (Å²) in [4.78, 5) is 16.1. The third kappa shape index (κ3) is 3.03. The molecule has 0 saturated carbocycles. The summed E-state index contributed by atoms with van der Waals surface area (Å²) in [5.74, 6) is 0.268. The number of pyridine rings is 1. The molecule has 100 valence electrons. The van der Waals surface area contributed by atoms with E-state index in [-0.39, 0.29) is 5.91 Å². The highest BCUT2D eigenvalue weighted by atomic mass is 35.5. The summed E-state index contributed by atoms with van der Waals surface area (Å²) >= 11 is 5.98. The second kappa shape index (κ2) is 5.71. The lowest BCUT2D eigenvalue weighted by Gasteiger charge is -2.05. The highest BCUT2D eigenvalue weighted by molar-refractivity contribution is 6.33. The smallest absolute Gasteiger partial charge is 0.257 e. The van der Waals surface area contributed by atoms with Gasteiger partial charge in [0, 0.05) is 26.0 Å². The first-order valence-corrected chi connectivity index (χ1v) is 6.19. The topological polar surface area (TPSA) is 71.8 Å². The number of carbonyl (C=O) groups is 1. The number of hydrogen-bond acceptors (Lipinski definition) is 4. The van der Waals surface area contributed by atoms with Crippen LogP contribution < -0.4 is 10.6 Å². The molecule has 2 rings (SSSR count). The molecule has 0 radical (unpaired) electrons. The van der Waals surface area contributed by atoms with E-state index in [4.69, 9.17) is 11.6 Å². The van der Waals surface area contributed by atoms with E-state index < -0.39 is 0 Å². The molecular weight excluding hydrogens is 266 g/mol. The monoisotopic (exact) mass is 279 g/mol. The molecule has 0 unspecified atom stereocenters. The number of halogens is 1. The lowest BCUT2D eigenvalue weighted by atomic mass is 10.2. The maximum absolute atomic E-state index is 12.0. The van der Waals surface area contributed by atoms with Crippen molar-refractivity contribution in [2.75, 3.05) is 17.7 Å².